The van der Waals surface area contributed by atoms with Crippen LogP contribution in [-0.2, 0) is 0 Å². The van der Waals surface area contributed by atoms with Crippen LogP contribution in [0.5, 0.6) is 0 Å². The quantitative estimate of drug-likeness (QED) is 0.766. The minimum absolute atomic E-state index is 0.133. The van der Waals surface area contributed by atoms with E-state index in [-0.39, 0.29) is 11.6 Å². The fourth-order valence-electron chi connectivity index (χ4n) is 1.22. The molecule has 0 saturated carbocycles. The van der Waals surface area contributed by atoms with Crippen molar-refractivity contribution >= 4 is 34.3 Å². The third kappa shape index (κ3) is 1.69. The number of nitrogens with zero attached hydrogens (tertiary/aromatic N) is 2. The van der Waals surface area contributed by atoms with Crippen molar-refractivity contribution in [2.75, 3.05) is 5.73 Å². The van der Waals surface area contributed by atoms with Crippen LogP contribution in [0.4, 0.5) is 5.82 Å². The summed E-state index contributed by atoms with van der Waals surface area (Å²) in [5.41, 5.74) is 6.01. The van der Waals surface area contributed by atoms with Gasteiger partial charge in [-0.25, -0.2) is 14.8 Å². The summed E-state index contributed by atoms with van der Waals surface area (Å²) in [5.74, 6) is -1.42. The Balaban J connectivity index is 2.79. The molecule has 0 spiro atoms. The maximum Gasteiger partial charge on any atom is 0.374 e. The Morgan fingerprint density at radius 3 is 2.80 bits per heavy atom. The van der Waals surface area contributed by atoms with Gasteiger partial charge >= 0.3 is 5.97 Å². The minimum Gasteiger partial charge on any atom is -0.475 e. The van der Waals surface area contributed by atoms with Gasteiger partial charge in [0.15, 0.2) is 0 Å². The number of aromatic nitrogens is 2. The minimum atomic E-state index is -1.22. The molecule has 0 aliphatic carbocycles. The molecule has 0 unspecified atom stereocenters. The number of carboxylic acids is 1. The first-order chi connectivity index (χ1) is 7.08. The van der Waals surface area contributed by atoms with E-state index in [2.05, 4.69) is 9.97 Å². The summed E-state index contributed by atoms with van der Waals surface area (Å²) in [4.78, 5) is 18.1. The Kier molecular flexibility index (Phi) is 2.17. The molecule has 1 aromatic heterocycles. The molecule has 3 N–H and O–H groups in total. The van der Waals surface area contributed by atoms with Crippen molar-refractivity contribution < 1.29 is 9.90 Å². The van der Waals surface area contributed by atoms with Crippen molar-refractivity contribution in [3.05, 3.63) is 29.0 Å². The third-order valence-electron chi connectivity index (χ3n) is 1.88. The van der Waals surface area contributed by atoms with E-state index in [0.29, 0.717) is 15.9 Å². The second-order valence-corrected chi connectivity index (χ2v) is 3.34. The second kappa shape index (κ2) is 3.36. The van der Waals surface area contributed by atoms with Crippen LogP contribution in [0.15, 0.2) is 18.2 Å². The van der Waals surface area contributed by atoms with Crippen LogP contribution in [-0.4, -0.2) is 21.0 Å². The van der Waals surface area contributed by atoms with Crippen LogP contribution >= 0.6 is 11.6 Å². The zero-order valence-electron chi connectivity index (χ0n) is 7.44. The molecule has 0 aliphatic heterocycles. The Morgan fingerprint density at radius 2 is 2.13 bits per heavy atom. The lowest BCUT2D eigenvalue weighted by Gasteiger charge is -2.02. The fourth-order valence-corrected chi connectivity index (χ4v) is 1.39. The predicted octanol–water partition coefficient (Wildman–Crippen LogP) is 1.56. The summed E-state index contributed by atoms with van der Waals surface area (Å²) < 4.78 is 0. The molecular weight excluding hydrogens is 218 g/mol. The third-order valence-corrected chi connectivity index (χ3v) is 2.11. The number of nitrogens with two attached hydrogens (primary N) is 1. The largest absolute Gasteiger partial charge is 0.475 e. The van der Waals surface area contributed by atoms with Crippen LogP contribution in [0.2, 0.25) is 5.02 Å². The van der Waals surface area contributed by atoms with Crippen LogP contribution in [0, 0.1) is 0 Å². The fraction of sp³-hybridized carbons (Fsp3) is 0. The first kappa shape index (κ1) is 9.67. The van der Waals surface area contributed by atoms with E-state index >= 15 is 0 Å². The van der Waals surface area contributed by atoms with Crippen LogP contribution < -0.4 is 5.73 Å². The molecule has 0 saturated heterocycles. The monoisotopic (exact) mass is 223 g/mol. The van der Waals surface area contributed by atoms with Gasteiger partial charge in [-0.05, 0) is 18.2 Å². The Labute approximate surface area is 89.5 Å². The molecule has 0 atom stereocenters. The van der Waals surface area contributed by atoms with Gasteiger partial charge < -0.3 is 10.8 Å². The van der Waals surface area contributed by atoms with E-state index in [1.165, 1.54) is 0 Å². The molecule has 6 heteroatoms. The molecule has 0 radical (unpaired) electrons. The molecular formula is C9H6ClN3O2. The molecule has 15 heavy (non-hydrogen) atoms. The van der Waals surface area contributed by atoms with Crippen LogP contribution in [0.1, 0.15) is 10.6 Å². The summed E-state index contributed by atoms with van der Waals surface area (Å²) in [6.07, 6.45) is 0. The number of halogens is 1. The highest BCUT2D eigenvalue weighted by atomic mass is 35.5. The maximum absolute atomic E-state index is 10.7. The lowest BCUT2D eigenvalue weighted by molar-refractivity contribution is 0.0684. The first-order valence-corrected chi connectivity index (χ1v) is 4.42. The number of rotatable bonds is 1. The lowest BCUT2D eigenvalue weighted by Crippen LogP contribution is -2.06. The van der Waals surface area contributed by atoms with Gasteiger partial charge in [0.1, 0.15) is 5.82 Å². The van der Waals surface area contributed by atoms with Gasteiger partial charge in [0, 0.05) is 10.4 Å². The van der Waals surface area contributed by atoms with E-state index in [1.54, 1.807) is 18.2 Å². The van der Waals surface area contributed by atoms with Crippen molar-refractivity contribution in [3.63, 3.8) is 0 Å². The standard InChI is InChI=1S/C9H6ClN3O2/c10-4-1-2-5-6(3-4)12-8(9(14)15)13-7(5)11/h1-3H,(H,14,15)(H2,11,12,13). The van der Waals surface area contributed by atoms with Crippen molar-refractivity contribution in [2.45, 2.75) is 0 Å². The van der Waals surface area contributed by atoms with Crippen LogP contribution in [0.25, 0.3) is 10.9 Å². The average molecular weight is 224 g/mol. The smallest absolute Gasteiger partial charge is 0.374 e. The molecule has 2 rings (SSSR count). The molecule has 0 fully saturated rings. The molecule has 1 aromatic carbocycles. The van der Waals surface area contributed by atoms with Gasteiger partial charge in [-0.3, -0.25) is 0 Å². The average Bonchev–Trinajstić information content (AvgIpc) is 2.16. The number of carboxylic acid groups (broad SMARTS) is 1. The van der Waals surface area contributed by atoms with Gasteiger partial charge in [-0.15, -0.1) is 0 Å². The highest BCUT2D eigenvalue weighted by Crippen LogP contribution is 2.21. The Morgan fingerprint density at radius 1 is 1.40 bits per heavy atom. The number of hydrogen-bond donors (Lipinski definition) is 2. The second-order valence-electron chi connectivity index (χ2n) is 2.90. The highest BCUT2D eigenvalue weighted by Gasteiger charge is 2.10. The summed E-state index contributed by atoms with van der Waals surface area (Å²) in [6.45, 7) is 0. The summed E-state index contributed by atoms with van der Waals surface area (Å²) in [6, 6.07) is 4.84. The molecule has 0 aliphatic rings. The van der Waals surface area contributed by atoms with Crippen molar-refractivity contribution in [1.82, 2.24) is 9.97 Å². The van der Waals surface area contributed by atoms with E-state index in [9.17, 15) is 4.79 Å². The molecule has 0 amide bonds. The van der Waals surface area contributed by atoms with E-state index in [4.69, 9.17) is 22.4 Å². The number of aromatic carboxylic acids is 1. The van der Waals surface area contributed by atoms with E-state index < -0.39 is 5.97 Å². The Hall–Kier alpha value is -1.88. The molecule has 1 heterocycles. The predicted molar refractivity (Wildman–Crippen MR) is 55.9 cm³/mol. The van der Waals surface area contributed by atoms with E-state index in [0.717, 1.165) is 0 Å². The number of hydrogen-bond acceptors (Lipinski definition) is 4. The summed E-state index contributed by atoms with van der Waals surface area (Å²) in [5, 5.41) is 9.78. The van der Waals surface area contributed by atoms with Gasteiger partial charge in [-0.1, -0.05) is 11.6 Å². The topological polar surface area (TPSA) is 89.1 Å². The maximum atomic E-state index is 10.7. The highest BCUT2D eigenvalue weighted by molar-refractivity contribution is 6.31. The Bertz CT molecular complexity index is 556. The van der Waals surface area contributed by atoms with Crippen molar-refractivity contribution in [3.8, 4) is 0 Å². The number of carbonyl (C=O) groups is 1. The first-order valence-electron chi connectivity index (χ1n) is 4.04. The summed E-state index contributed by atoms with van der Waals surface area (Å²) >= 11 is 5.75. The summed E-state index contributed by atoms with van der Waals surface area (Å²) in [7, 11) is 0. The zero-order chi connectivity index (χ0) is 11.0. The number of benzene rings is 1. The van der Waals surface area contributed by atoms with Crippen molar-refractivity contribution in [2.24, 2.45) is 0 Å². The molecule has 5 nitrogen and oxygen atoms in total. The van der Waals surface area contributed by atoms with E-state index in [1.807, 2.05) is 0 Å². The zero-order valence-corrected chi connectivity index (χ0v) is 8.19. The van der Waals surface area contributed by atoms with Crippen molar-refractivity contribution in [1.29, 1.82) is 0 Å². The lowest BCUT2D eigenvalue weighted by atomic mass is 10.2. The number of nitrogen functional groups attached to an aromatic ring is 1. The van der Waals surface area contributed by atoms with Gasteiger partial charge in [0.05, 0.1) is 5.52 Å². The number of anilines is 1. The normalized spacial score (nSPS) is 10.5. The molecule has 76 valence electrons. The van der Waals surface area contributed by atoms with Gasteiger partial charge in [-0.2, -0.15) is 0 Å². The SMILES string of the molecule is Nc1nc(C(=O)O)nc2cc(Cl)ccc12. The number of fused-ring (bicyclic) bond motifs is 1. The van der Waals surface area contributed by atoms with Gasteiger partial charge in [0.25, 0.3) is 0 Å². The van der Waals surface area contributed by atoms with Gasteiger partial charge in [0.2, 0.25) is 5.82 Å². The molecule has 0 bridgehead atoms. The molecule has 2 aromatic rings. The van der Waals surface area contributed by atoms with Crippen LogP contribution in [0.3, 0.4) is 0 Å².